The first-order valence-electron chi connectivity index (χ1n) is 5.42. The number of hydrogen-bond donors (Lipinski definition) is 1. The van der Waals surface area contributed by atoms with Crippen LogP contribution in [0.4, 0.5) is 13.2 Å². The number of nitrogens with one attached hydrogen (secondary N) is 1. The molecule has 1 aromatic rings. The lowest BCUT2D eigenvalue weighted by Crippen LogP contribution is -2.34. The zero-order chi connectivity index (χ0) is 14.6. The molecule has 0 spiro atoms. The van der Waals surface area contributed by atoms with Crippen molar-refractivity contribution in [2.45, 2.75) is 19.1 Å². The highest BCUT2D eigenvalue weighted by Gasteiger charge is 2.31. The molecule has 0 saturated heterocycles. The molecule has 0 aliphatic carbocycles. The minimum atomic E-state index is -4.46. The Balaban J connectivity index is 2.96. The van der Waals surface area contributed by atoms with E-state index in [0.29, 0.717) is 10.2 Å². The van der Waals surface area contributed by atoms with Crippen molar-refractivity contribution in [2.24, 2.45) is 0 Å². The summed E-state index contributed by atoms with van der Waals surface area (Å²) in [6, 6.07) is 2.91. The van der Waals surface area contributed by atoms with Crippen LogP contribution in [-0.4, -0.2) is 24.0 Å². The van der Waals surface area contributed by atoms with Gasteiger partial charge in [-0.1, -0.05) is 0 Å². The molecule has 1 amide bonds. The molecular formula is C12H13BrF3NOS. The molecule has 2 nitrogen and oxygen atoms in total. The smallest absolute Gasteiger partial charge is 0.349 e. The van der Waals surface area contributed by atoms with Crippen molar-refractivity contribution in [1.29, 1.82) is 0 Å². The standard InChI is InChI=1S/C12H13BrF3NOS/c1-7(6-19-2)17-11(18)9-5-8(12(14,15)16)3-4-10(9)13/h3-5,7H,6H2,1-2H3,(H,17,18). The summed E-state index contributed by atoms with van der Waals surface area (Å²) in [5, 5.41) is 2.66. The van der Waals surface area contributed by atoms with E-state index in [-0.39, 0.29) is 11.6 Å². The molecule has 0 bridgehead atoms. The number of amides is 1. The van der Waals surface area contributed by atoms with Gasteiger partial charge in [0.1, 0.15) is 0 Å². The molecule has 1 atom stereocenters. The van der Waals surface area contributed by atoms with Gasteiger partial charge in [0.05, 0.1) is 11.1 Å². The number of benzene rings is 1. The normalized spacial score (nSPS) is 13.2. The number of carbonyl (C=O) groups is 1. The summed E-state index contributed by atoms with van der Waals surface area (Å²) in [4.78, 5) is 11.9. The summed E-state index contributed by atoms with van der Waals surface area (Å²) in [7, 11) is 0. The molecule has 106 valence electrons. The summed E-state index contributed by atoms with van der Waals surface area (Å²) in [5.41, 5.74) is -0.846. The largest absolute Gasteiger partial charge is 0.416 e. The van der Waals surface area contributed by atoms with Gasteiger partial charge >= 0.3 is 6.18 Å². The van der Waals surface area contributed by atoms with Gasteiger partial charge in [0.25, 0.3) is 5.91 Å². The van der Waals surface area contributed by atoms with E-state index < -0.39 is 17.6 Å². The molecule has 1 aromatic carbocycles. The van der Waals surface area contributed by atoms with E-state index in [1.807, 2.05) is 6.26 Å². The molecule has 0 aliphatic heterocycles. The summed E-state index contributed by atoms with van der Waals surface area (Å²) in [5.74, 6) is 0.182. The fourth-order valence-electron chi connectivity index (χ4n) is 1.47. The minimum absolute atomic E-state index is 0.0113. The van der Waals surface area contributed by atoms with Gasteiger partial charge in [0.2, 0.25) is 0 Å². The number of thioether (sulfide) groups is 1. The second-order valence-electron chi connectivity index (χ2n) is 4.02. The maximum atomic E-state index is 12.6. The van der Waals surface area contributed by atoms with Crippen molar-refractivity contribution in [2.75, 3.05) is 12.0 Å². The van der Waals surface area contributed by atoms with Gasteiger partial charge in [0.15, 0.2) is 0 Å². The predicted molar refractivity (Wildman–Crippen MR) is 74.5 cm³/mol. The van der Waals surface area contributed by atoms with Crippen LogP contribution in [0.5, 0.6) is 0 Å². The van der Waals surface area contributed by atoms with Crippen molar-refractivity contribution in [1.82, 2.24) is 5.32 Å². The van der Waals surface area contributed by atoms with Crippen LogP contribution in [-0.2, 0) is 6.18 Å². The van der Waals surface area contributed by atoms with Crippen LogP contribution in [0.25, 0.3) is 0 Å². The number of rotatable bonds is 4. The molecule has 19 heavy (non-hydrogen) atoms. The number of hydrogen-bond acceptors (Lipinski definition) is 2. The molecule has 1 rings (SSSR count). The Kier molecular flexibility index (Phi) is 5.73. The zero-order valence-corrected chi connectivity index (χ0v) is 12.7. The summed E-state index contributed by atoms with van der Waals surface area (Å²) in [6.45, 7) is 1.80. The topological polar surface area (TPSA) is 29.1 Å². The van der Waals surface area contributed by atoms with E-state index >= 15 is 0 Å². The van der Waals surface area contributed by atoms with Crippen LogP contribution in [0.2, 0.25) is 0 Å². The molecule has 7 heteroatoms. The van der Waals surface area contributed by atoms with E-state index in [1.165, 1.54) is 6.07 Å². The van der Waals surface area contributed by atoms with Gasteiger partial charge in [-0.3, -0.25) is 4.79 Å². The Morgan fingerprint density at radius 3 is 2.63 bits per heavy atom. The van der Waals surface area contributed by atoms with Gasteiger partial charge in [-0.05, 0) is 47.3 Å². The lowest BCUT2D eigenvalue weighted by molar-refractivity contribution is -0.137. The predicted octanol–water partition coefficient (Wildman–Crippen LogP) is 3.95. The fourth-order valence-corrected chi connectivity index (χ4v) is 2.48. The third-order valence-corrected chi connectivity index (χ3v) is 3.86. The van der Waals surface area contributed by atoms with E-state index in [2.05, 4.69) is 21.2 Å². The fraction of sp³-hybridized carbons (Fsp3) is 0.417. The highest BCUT2D eigenvalue weighted by atomic mass is 79.9. The molecule has 0 aliphatic rings. The summed E-state index contributed by atoms with van der Waals surface area (Å²) >= 11 is 4.65. The highest BCUT2D eigenvalue weighted by molar-refractivity contribution is 9.10. The first kappa shape index (κ1) is 16.4. The second-order valence-corrected chi connectivity index (χ2v) is 5.79. The van der Waals surface area contributed by atoms with E-state index in [1.54, 1.807) is 18.7 Å². The first-order chi connectivity index (χ1) is 8.75. The molecule has 0 radical (unpaired) electrons. The van der Waals surface area contributed by atoms with Crippen molar-refractivity contribution in [3.05, 3.63) is 33.8 Å². The van der Waals surface area contributed by atoms with E-state index in [9.17, 15) is 18.0 Å². The van der Waals surface area contributed by atoms with Crippen LogP contribution in [0.3, 0.4) is 0 Å². The van der Waals surface area contributed by atoms with Crippen molar-refractivity contribution >= 4 is 33.6 Å². The third kappa shape index (κ3) is 4.72. The molecule has 1 N–H and O–H groups in total. The average Bonchev–Trinajstić information content (AvgIpc) is 2.27. The molecular weight excluding hydrogens is 343 g/mol. The monoisotopic (exact) mass is 355 g/mol. The van der Waals surface area contributed by atoms with Gasteiger partial charge in [0, 0.05) is 16.3 Å². The average molecular weight is 356 g/mol. The quantitative estimate of drug-likeness (QED) is 0.885. The minimum Gasteiger partial charge on any atom is -0.349 e. The van der Waals surface area contributed by atoms with Gasteiger partial charge in [-0.25, -0.2) is 0 Å². The lowest BCUT2D eigenvalue weighted by Gasteiger charge is -2.14. The SMILES string of the molecule is CSCC(C)NC(=O)c1cc(C(F)(F)F)ccc1Br. The highest BCUT2D eigenvalue weighted by Crippen LogP contribution is 2.31. The Labute approximate surface area is 122 Å². The van der Waals surface area contributed by atoms with Crippen LogP contribution >= 0.6 is 27.7 Å². The maximum absolute atomic E-state index is 12.6. The van der Waals surface area contributed by atoms with Crippen molar-refractivity contribution in [3.63, 3.8) is 0 Å². The van der Waals surface area contributed by atoms with E-state index in [0.717, 1.165) is 12.1 Å². The van der Waals surface area contributed by atoms with Gasteiger partial charge in [-0.2, -0.15) is 24.9 Å². The molecule has 0 heterocycles. The lowest BCUT2D eigenvalue weighted by atomic mass is 10.1. The van der Waals surface area contributed by atoms with Crippen molar-refractivity contribution < 1.29 is 18.0 Å². The van der Waals surface area contributed by atoms with Crippen LogP contribution in [0.15, 0.2) is 22.7 Å². The third-order valence-electron chi connectivity index (χ3n) is 2.33. The Bertz CT molecular complexity index is 465. The first-order valence-corrected chi connectivity index (χ1v) is 7.61. The molecule has 0 fully saturated rings. The summed E-state index contributed by atoms with van der Waals surface area (Å²) in [6.07, 6.45) is -2.57. The zero-order valence-electron chi connectivity index (χ0n) is 10.3. The Morgan fingerprint density at radius 2 is 2.11 bits per heavy atom. The maximum Gasteiger partial charge on any atom is 0.416 e. The molecule has 1 unspecified atom stereocenters. The number of alkyl halides is 3. The Morgan fingerprint density at radius 1 is 1.47 bits per heavy atom. The van der Waals surface area contributed by atoms with Gasteiger partial charge < -0.3 is 5.32 Å². The molecule has 0 saturated carbocycles. The number of halogens is 4. The van der Waals surface area contributed by atoms with Gasteiger partial charge in [-0.15, -0.1) is 0 Å². The van der Waals surface area contributed by atoms with E-state index in [4.69, 9.17) is 0 Å². The van der Waals surface area contributed by atoms with Crippen LogP contribution < -0.4 is 5.32 Å². The van der Waals surface area contributed by atoms with Crippen LogP contribution in [0.1, 0.15) is 22.8 Å². The second kappa shape index (κ2) is 6.65. The summed E-state index contributed by atoms with van der Waals surface area (Å²) < 4.78 is 38.1. The Hall–Kier alpha value is -0.690. The number of carbonyl (C=O) groups excluding carboxylic acids is 1. The van der Waals surface area contributed by atoms with Crippen molar-refractivity contribution in [3.8, 4) is 0 Å². The van der Waals surface area contributed by atoms with Crippen LogP contribution in [0, 0.1) is 0 Å². The molecule has 0 aromatic heterocycles.